The molecule has 3 heterocycles. The van der Waals surface area contributed by atoms with Gasteiger partial charge in [-0.05, 0) is 34.0 Å². The number of hydrogen-bond donors (Lipinski definition) is 0. The summed E-state index contributed by atoms with van der Waals surface area (Å²) in [4.78, 5) is 27.5. The van der Waals surface area contributed by atoms with Crippen molar-refractivity contribution in [3.63, 3.8) is 0 Å². The predicted octanol–water partition coefficient (Wildman–Crippen LogP) is 2.93. The maximum atomic E-state index is 13.2. The van der Waals surface area contributed by atoms with Gasteiger partial charge in [-0.15, -0.1) is 0 Å². The molecule has 2 fully saturated rings. The van der Waals surface area contributed by atoms with Crippen LogP contribution in [-0.2, 0) is 19.1 Å². The van der Waals surface area contributed by atoms with E-state index in [9.17, 15) is 9.59 Å². The second kappa shape index (κ2) is 5.95. The molecule has 3 aliphatic heterocycles. The number of nitrogens with zero attached hydrogens (tertiary/aromatic N) is 1. The molecule has 132 valence electrons. The van der Waals surface area contributed by atoms with Crippen molar-refractivity contribution in [1.29, 1.82) is 0 Å². The lowest BCUT2D eigenvalue weighted by Crippen LogP contribution is -2.40. The number of ether oxygens (including phenoxy) is 2. The Morgan fingerprint density at radius 1 is 1.44 bits per heavy atom. The van der Waals surface area contributed by atoms with Gasteiger partial charge in [-0.3, -0.25) is 9.59 Å². The minimum Gasteiger partial charge on any atom is -0.465 e. The Balaban J connectivity index is 1.64. The highest BCUT2D eigenvalue weighted by Gasteiger charge is 2.67. The summed E-state index contributed by atoms with van der Waals surface area (Å²) >= 11 is 3.50. The fourth-order valence-corrected chi connectivity index (χ4v) is 4.49. The van der Waals surface area contributed by atoms with Crippen LogP contribution >= 0.6 is 15.9 Å². The minimum absolute atomic E-state index is 0.0785. The van der Waals surface area contributed by atoms with Gasteiger partial charge in [0.15, 0.2) is 0 Å². The van der Waals surface area contributed by atoms with Crippen LogP contribution in [0.15, 0.2) is 40.9 Å². The van der Waals surface area contributed by atoms with Crippen LogP contribution in [0.5, 0.6) is 0 Å². The second-order valence-electron chi connectivity index (χ2n) is 7.30. The molecular weight excluding hydrogens is 386 g/mol. The molecule has 1 aromatic rings. The zero-order chi connectivity index (χ0) is 17.8. The first-order valence-corrected chi connectivity index (χ1v) is 9.32. The fraction of sp³-hybridized carbons (Fsp3) is 0.474. The lowest BCUT2D eigenvalue weighted by molar-refractivity contribution is -0.153. The van der Waals surface area contributed by atoms with E-state index < -0.39 is 17.4 Å². The van der Waals surface area contributed by atoms with Crippen molar-refractivity contribution in [1.82, 2.24) is 0 Å². The van der Waals surface area contributed by atoms with Gasteiger partial charge in [-0.25, -0.2) is 0 Å². The van der Waals surface area contributed by atoms with Crippen LogP contribution in [0.1, 0.15) is 13.8 Å². The third-order valence-corrected chi connectivity index (χ3v) is 5.75. The van der Waals surface area contributed by atoms with Gasteiger partial charge in [0, 0.05) is 4.47 Å². The average molecular weight is 406 g/mol. The van der Waals surface area contributed by atoms with E-state index in [0.717, 1.165) is 10.2 Å². The molecule has 0 aliphatic carbocycles. The Hall–Kier alpha value is -1.66. The molecule has 1 amide bonds. The molecule has 0 unspecified atom stereocenters. The lowest BCUT2D eigenvalue weighted by Gasteiger charge is -2.23. The van der Waals surface area contributed by atoms with Crippen molar-refractivity contribution < 1.29 is 19.1 Å². The highest BCUT2D eigenvalue weighted by molar-refractivity contribution is 9.10. The zero-order valence-corrected chi connectivity index (χ0v) is 15.7. The molecule has 2 saturated heterocycles. The van der Waals surface area contributed by atoms with E-state index >= 15 is 0 Å². The molecule has 6 heteroatoms. The van der Waals surface area contributed by atoms with E-state index in [-0.39, 0.29) is 23.9 Å². The van der Waals surface area contributed by atoms with Gasteiger partial charge in [0.25, 0.3) is 0 Å². The number of fused-ring (bicyclic) bond motifs is 1. The summed E-state index contributed by atoms with van der Waals surface area (Å²) in [5.41, 5.74) is 0.0736. The highest BCUT2D eigenvalue weighted by Crippen LogP contribution is 2.53. The van der Waals surface area contributed by atoms with Crippen molar-refractivity contribution >= 4 is 33.5 Å². The predicted molar refractivity (Wildman–Crippen MR) is 96.0 cm³/mol. The molecular formula is C19H20BrNO4. The van der Waals surface area contributed by atoms with Crippen LogP contribution in [-0.4, -0.2) is 36.7 Å². The van der Waals surface area contributed by atoms with Gasteiger partial charge < -0.3 is 14.4 Å². The van der Waals surface area contributed by atoms with Crippen molar-refractivity contribution in [2.24, 2.45) is 17.8 Å². The van der Waals surface area contributed by atoms with Gasteiger partial charge in [-0.1, -0.05) is 38.1 Å². The number of carbonyl (C=O) groups is 2. The quantitative estimate of drug-likeness (QED) is 0.570. The van der Waals surface area contributed by atoms with Crippen molar-refractivity contribution in [3.05, 3.63) is 40.9 Å². The monoisotopic (exact) mass is 405 g/mol. The summed E-state index contributed by atoms with van der Waals surface area (Å²) in [5, 5.41) is 0. The van der Waals surface area contributed by atoms with Crippen molar-refractivity contribution in [3.8, 4) is 0 Å². The Kier molecular flexibility index (Phi) is 4.00. The van der Waals surface area contributed by atoms with E-state index in [0.29, 0.717) is 13.2 Å². The second-order valence-corrected chi connectivity index (χ2v) is 8.15. The molecule has 2 bridgehead atoms. The molecule has 4 rings (SSSR count). The van der Waals surface area contributed by atoms with Crippen LogP contribution < -0.4 is 4.90 Å². The first-order valence-electron chi connectivity index (χ1n) is 8.53. The van der Waals surface area contributed by atoms with Gasteiger partial charge >= 0.3 is 5.97 Å². The fourth-order valence-electron chi connectivity index (χ4n) is 3.99. The summed E-state index contributed by atoms with van der Waals surface area (Å²) in [6.45, 7) is 4.75. The summed E-state index contributed by atoms with van der Waals surface area (Å²) < 4.78 is 12.4. The number of amides is 1. The Labute approximate surface area is 155 Å². The van der Waals surface area contributed by atoms with E-state index in [4.69, 9.17) is 9.47 Å². The molecule has 4 atom stereocenters. The Morgan fingerprint density at radius 3 is 2.92 bits per heavy atom. The van der Waals surface area contributed by atoms with Gasteiger partial charge in [-0.2, -0.15) is 0 Å². The van der Waals surface area contributed by atoms with E-state index in [1.54, 1.807) is 4.90 Å². The smallest absolute Gasteiger partial charge is 0.312 e. The number of anilines is 1. The molecule has 0 aromatic heterocycles. The first kappa shape index (κ1) is 16.8. The molecule has 3 aliphatic rings. The highest BCUT2D eigenvalue weighted by atomic mass is 79.9. The number of hydrogen-bond acceptors (Lipinski definition) is 4. The lowest BCUT2D eigenvalue weighted by atomic mass is 9.77. The summed E-state index contributed by atoms with van der Waals surface area (Å²) in [6, 6.07) is 7.59. The van der Waals surface area contributed by atoms with Crippen LogP contribution in [0.25, 0.3) is 0 Å². The van der Waals surface area contributed by atoms with Gasteiger partial charge in [0.05, 0.1) is 30.9 Å². The average Bonchev–Trinajstić information content (AvgIpc) is 3.21. The van der Waals surface area contributed by atoms with Crippen LogP contribution in [0.2, 0.25) is 0 Å². The number of rotatable bonds is 4. The molecule has 1 spiro atoms. The standard InChI is InChI=1S/C19H20BrNO4/c1-11(2)9-24-18(23)15-14-7-8-19(25-14)10-21(17(22)16(15)19)13-6-4-3-5-12(13)20/h3-8,11,14-16H,9-10H2,1-2H3/t14-,15-,16-,19+/m1/s1. The van der Waals surface area contributed by atoms with Crippen LogP contribution in [0.3, 0.4) is 0 Å². The third kappa shape index (κ3) is 2.54. The largest absolute Gasteiger partial charge is 0.465 e. The van der Waals surface area contributed by atoms with Crippen molar-refractivity contribution in [2.45, 2.75) is 25.6 Å². The summed E-state index contributed by atoms with van der Waals surface area (Å²) in [6.07, 6.45) is 3.48. The number of halogens is 1. The maximum absolute atomic E-state index is 13.2. The maximum Gasteiger partial charge on any atom is 0.312 e. The Bertz CT molecular complexity index is 762. The minimum atomic E-state index is -0.724. The molecule has 5 nitrogen and oxygen atoms in total. The third-order valence-electron chi connectivity index (χ3n) is 5.07. The molecule has 0 radical (unpaired) electrons. The summed E-state index contributed by atoms with van der Waals surface area (Å²) in [7, 11) is 0. The first-order chi connectivity index (χ1) is 11.9. The van der Waals surface area contributed by atoms with E-state index in [1.165, 1.54) is 0 Å². The SMILES string of the molecule is CC(C)COC(=O)[C@@H]1[C@H]2C=C[C@@]3(CN(c4ccccc4Br)C(=O)[C@@H]13)O2. The number of para-hydroxylation sites is 1. The molecule has 0 N–H and O–H groups in total. The van der Waals surface area contributed by atoms with Crippen LogP contribution in [0.4, 0.5) is 5.69 Å². The van der Waals surface area contributed by atoms with Gasteiger partial charge in [0.2, 0.25) is 5.91 Å². The summed E-state index contributed by atoms with van der Waals surface area (Å²) in [5.74, 6) is -1.25. The molecule has 0 saturated carbocycles. The normalized spacial score (nSPS) is 32.6. The Morgan fingerprint density at radius 2 is 2.20 bits per heavy atom. The molecule has 1 aromatic carbocycles. The van der Waals surface area contributed by atoms with Crippen LogP contribution in [0, 0.1) is 17.8 Å². The zero-order valence-electron chi connectivity index (χ0n) is 14.1. The number of benzene rings is 1. The van der Waals surface area contributed by atoms with Gasteiger partial charge in [0.1, 0.15) is 11.5 Å². The number of carbonyl (C=O) groups excluding carboxylic acids is 2. The van der Waals surface area contributed by atoms with E-state index in [2.05, 4.69) is 15.9 Å². The molecule has 25 heavy (non-hydrogen) atoms. The van der Waals surface area contributed by atoms with Crippen molar-refractivity contribution in [2.75, 3.05) is 18.1 Å². The van der Waals surface area contributed by atoms with E-state index in [1.807, 2.05) is 50.3 Å². The topological polar surface area (TPSA) is 55.8 Å². The number of esters is 1.